The van der Waals surface area contributed by atoms with Crippen molar-refractivity contribution in [2.75, 3.05) is 18.6 Å². The lowest BCUT2D eigenvalue weighted by atomic mass is 10.1. The summed E-state index contributed by atoms with van der Waals surface area (Å²) in [4.78, 5) is 24.7. The molecule has 1 unspecified atom stereocenters. The minimum absolute atomic E-state index is 0.114. The van der Waals surface area contributed by atoms with Gasteiger partial charge < -0.3 is 15.4 Å². The molecular weight excluding hydrogens is 336 g/mol. The monoisotopic (exact) mass is 346 g/mol. The second-order valence-corrected chi connectivity index (χ2v) is 5.54. The summed E-state index contributed by atoms with van der Waals surface area (Å²) in [7, 11) is 1.50. The molecule has 1 aliphatic rings. The van der Waals surface area contributed by atoms with Crippen molar-refractivity contribution in [1.29, 1.82) is 0 Å². The summed E-state index contributed by atoms with van der Waals surface area (Å²) < 4.78 is 5.92. The lowest BCUT2D eigenvalue weighted by molar-refractivity contribution is -0.123. The first-order valence-electron chi connectivity index (χ1n) is 5.56. The van der Waals surface area contributed by atoms with E-state index in [1.807, 2.05) is 0 Å². The van der Waals surface area contributed by atoms with Crippen LogP contribution < -0.4 is 15.4 Å². The summed E-state index contributed by atoms with van der Waals surface area (Å²) in [5.74, 6) is -0.620. The van der Waals surface area contributed by atoms with E-state index in [4.69, 9.17) is 22.1 Å². The van der Waals surface area contributed by atoms with Gasteiger partial charge in [-0.15, -0.1) is 0 Å². The quantitative estimate of drug-likeness (QED) is 0.908. The number of nitrogens with zero attached hydrogens (tertiary/aromatic N) is 1. The smallest absolute Gasteiger partial charge is 0.227 e. The van der Waals surface area contributed by atoms with Crippen molar-refractivity contribution >= 4 is 45.0 Å². The fraction of sp³-hybridized carbons (Fsp3) is 0.333. The van der Waals surface area contributed by atoms with Gasteiger partial charge in [0.15, 0.2) is 5.75 Å². The van der Waals surface area contributed by atoms with Crippen LogP contribution in [0.5, 0.6) is 5.75 Å². The van der Waals surface area contributed by atoms with Gasteiger partial charge in [0, 0.05) is 18.0 Å². The molecule has 1 aromatic rings. The molecule has 1 aliphatic heterocycles. The third kappa shape index (κ3) is 2.69. The number of primary amides is 1. The maximum Gasteiger partial charge on any atom is 0.227 e. The molecule has 0 bridgehead atoms. The Hall–Kier alpha value is -1.27. The SMILES string of the molecule is COc1c(Br)cc(Cl)cc1N1CC(C(N)=O)CC1=O. The number of anilines is 1. The van der Waals surface area contributed by atoms with Crippen LogP contribution in [0.25, 0.3) is 0 Å². The number of ether oxygens (including phenoxy) is 1. The van der Waals surface area contributed by atoms with Crippen molar-refractivity contribution in [1.82, 2.24) is 0 Å². The van der Waals surface area contributed by atoms with E-state index in [2.05, 4.69) is 15.9 Å². The first-order valence-corrected chi connectivity index (χ1v) is 6.74. The van der Waals surface area contributed by atoms with Crippen LogP contribution in [0.4, 0.5) is 5.69 Å². The molecule has 0 aliphatic carbocycles. The molecule has 0 spiro atoms. The van der Waals surface area contributed by atoms with Crippen molar-refractivity contribution in [3.8, 4) is 5.75 Å². The lowest BCUT2D eigenvalue weighted by Gasteiger charge is -2.20. The molecule has 5 nitrogen and oxygen atoms in total. The lowest BCUT2D eigenvalue weighted by Crippen LogP contribution is -2.28. The highest BCUT2D eigenvalue weighted by molar-refractivity contribution is 9.10. The maximum atomic E-state index is 12.0. The van der Waals surface area contributed by atoms with Crippen LogP contribution in [0.1, 0.15) is 6.42 Å². The molecule has 0 aromatic heterocycles. The third-order valence-corrected chi connectivity index (χ3v) is 3.82. The van der Waals surface area contributed by atoms with Gasteiger partial charge in [-0.25, -0.2) is 0 Å². The summed E-state index contributed by atoms with van der Waals surface area (Å²) in [6, 6.07) is 3.31. The van der Waals surface area contributed by atoms with Crippen molar-refractivity contribution < 1.29 is 14.3 Å². The molecule has 7 heteroatoms. The van der Waals surface area contributed by atoms with Crippen LogP contribution in [-0.4, -0.2) is 25.5 Å². The molecule has 1 saturated heterocycles. The van der Waals surface area contributed by atoms with Gasteiger partial charge in [-0.1, -0.05) is 11.6 Å². The molecule has 0 saturated carbocycles. The number of benzene rings is 1. The van der Waals surface area contributed by atoms with Gasteiger partial charge in [0.25, 0.3) is 0 Å². The van der Waals surface area contributed by atoms with Crippen LogP contribution in [0.3, 0.4) is 0 Å². The molecule has 2 N–H and O–H groups in total. The number of nitrogens with two attached hydrogens (primary N) is 1. The molecule has 2 rings (SSSR count). The standard InChI is InChI=1S/C12H12BrClN2O3/c1-19-11-8(13)3-7(14)4-9(11)16-5-6(12(15)18)2-10(16)17/h3-4,6H,2,5H2,1H3,(H2,15,18). The topological polar surface area (TPSA) is 72.6 Å². The summed E-state index contributed by atoms with van der Waals surface area (Å²) in [5.41, 5.74) is 5.78. The number of methoxy groups -OCH3 is 1. The van der Waals surface area contributed by atoms with E-state index in [1.54, 1.807) is 12.1 Å². The zero-order chi connectivity index (χ0) is 14.2. The normalized spacial score (nSPS) is 18.8. The van der Waals surface area contributed by atoms with Crippen LogP contribution in [-0.2, 0) is 9.59 Å². The number of amides is 2. The Bertz CT molecular complexity index is 550. The maximum absolute atomic E-state index is 12.0. The highest BCUT2D eigenvalue weighted by Gasteiger charge is 2.35. The minimum atomic E-state index is -0.477. The molecule has 1 heterocycles. The Morgan fingerprint density at radius 1 is 1.58 bits per heavy atom. The van der Waals surface area contributed by atoms with Gasteiger partial charge in [-0.2, -0.15) is 0 Å². The molecular formula is C12H12BrClN2O3. The first kappa shape index (κ1) is 14.1. The molecule has 1 fully saturated rings. The Labute approximate surface area is 123 Å². The molecule has 0 radical (unpaired) electrons. The predicted octanol–water partition coefficient (Wildman–Crippen LogP) is 1.95. The number of hydrogen-bond acceptors (Lipinski definition) is 3. The summed E-state index contributed by atoms with van der Waals surface area (Å²) >= 11 is 9.32. The van der Waals surface area contributed by atoms with Crippen molar-refractivity contribution in [2.45, 2.75) is 6.42 Å². The number of halogens is 2. The fourth-order valence-corrected chi connectivity index (χ4v) is 3.04. The first-order chi connectivity index (χ1) is 8.93. The zero-order valence-electron chi connectivity index (χ0n) is 10.2. The number of carbonyl (C=O) groups is 2. The van der Waals surface area contributed by atoms with Gasteiger partial charge in [-0.05, 0) is 28.1 Å². The molecule has 1 atom stereocenters. The van der Waals surface area contributed by atoms with Gasteiger partial charge in [0.2, 0.25) is 11.8 Å². The second-order valence-electron chi connectivity index (χ2n) is 4.25. The van der Waals surface area contributed by atoms with Crippen molar-refractivity contribution in [3.05, 3.63) is 21.6 Å². The number of hydrogen-bond donors (Lipinski definition) is 1. The third-order valence-electron chi connectivity index (χ3n) is 3.01. The van der Waals surface area contributed by atoms with Crippen LogP contribution >= 0.6 is 27.5 Å². The highest BCUT2D eigenvalue weighted by atomic mass is 79.9. The largest absolute Gasteiger partial charge is 0.493 e. The van der Waals surface area contributed by atoms with E-state index in [1.165, 1.54) is 12.0 Å². The van der Waals surface area contributed by atoms with E-state index in [0.717, 1.165) is 0 Å². The second kappa shape index (κ2) is 5.38. The average Bonchev–Trinajstić information content (AvgIpc) is 2.70. The Balaban J connectivity index is 2.42. The summed E-state index contributed by atoms with van der Waals surface area (Å²) in [6.07, 6.45) is 0.114. The van der Waals surface area contributed by atoms with Crippen LogP contribution in [0.15, 0.2) is 16.6 Å². The van der Waals surface area contributed by atoms with Gasteiger partial charge in [-0.3, -0.25) is 9.59 Å². The van der Waals surface area contributed by atoms with Crippen LogP contribution in [0, 0.1) is 5.92 Å². The van der Waals surface area contributed by atoms with E-state index < -0.39 is 11.8 Å². The van der Waals surface area contributed by atoms with Crippen molar-refractivity contribution in [2.24, 2.45) is 11.7 Å². The highest BCUT2D eigenvalue weighted by Crippen LogP contribution is 2.40. The number of rotatable bonds is 3. The van der Waals surface area contributed by atoms with Crippen LogP contribution in [0.2, 0.25) is 5.02 Å². The van der Waals surface area contributed by atoms with Gasteiger partial charge >= 0.3 is 0 Å². The molecule has 102 valence electrons. The van der Waals surface area contributed by atoms with Gasteiger partial charge in [0.1, 0.15) is 0 Å². The Morgan fingerprint density at radius 2 is 2.26 bits per heavy atom. The number of carbonyl (C=O) groups excluding carboxylic acids is 2. The Kier molecular flexibility index (Phi) is 4.01. The Morgan fingerprint density at radius 3 is 2.79 bits per heavy atom. The molecule has 19 heavy (non-hydrogen) atoms. The summed E-state index contributed by atoms with van der Waals surface area (Å²) in [5, 5.41) is 0.470. The zero-order valence-corrected chi connectivity index (χ0v) is 12.5. The van der Waals surface area contributed by atoms with E-state index in [-0.39, 0.29) is 18.9 Å². The fourth-order valence-electron chi connectivity index (χ4n) is 2.08. The molecule has 2 amide bonds. The van der Waals surface area contributed by atoms with E-state index in [0.29, 0.717) is 20.9 Å². The van der Waals surface area contributed by atoms with E-state index in [9.17, 15) is 9.59 Å². The average molecular weight is 348 g/mol. The molecule has 1 aromatic carbocycles. The van der Waals surface area contributed by atoms with Crippen molar-refractivity contribution in [3.63, 3.8) is 0 Å². The van der Waals surface area contributed by atoms with E-state index >= 15 is 0 Å². The summed E-state index contributed by atoms with van der Waals surface area (Å²) in [6.45, 7) is 0.247. The minimum Gasteiger partial charge on any atom is -0.493 e. The predicted molar refractivity (Wildman–Crippen MR) is 75.4 cm³/mol. The van der Waals surface area contributed by atoms with Gasteiger partial charge in [0.05, 0.1) is 23.2 Å².